The van der Waals surface area contributed by atoms with Gasteiger partial charge in [0.05, 0.1) is 33.2 Å². The van der Waals surface area contributed by atoms with Crippen molar-refractivity contribution in [2.75, 3.05) is 51.6 Å². The van der Waals surface area contributed by atoms with Crippen molar-refractivity contribution in [3.8, 4) is 0 Å². The number of likely N-dealkylation sites (N-methyl/N-ethyl adjacent to an activating group) is 1. The molecule has 1 fully saturated rings. The minimum Gasteiger partial charge on any atom is -0.327 e. The molecule has 6 heteroatoms. The summed E-state index contributed by atoms with van der Waals surface area (Å²) >= 11 is 0. The number of nitrogens with zero attached hydrogens (tertiary/aromatic N) is 1. The molecule has 0 saturated carbocycles. The lowest BCUT2D eigenvalue weighted by Crippen LogP contribution is -3.16. The van der Waals surface area contributed by atoms with Crippen LogP contribution in [-0.4, -0.2) is 63.0 Å². The Balaban J connectivity index is 1.38. The maximum absolute atomic E-state index is 12.7. The summed E-state index contributed by atoms with van der Waals surface area (Å²) in [6, 6.07) is 16.5. The third kappa shape index (κ3) is 7.19. The van der Waals surface area contributed by atoms with Gasteiger partial charge in [-0.05, 0) is 31.0 Å². The van der Waals surface area contributed by atoms with E-state index in [9.17, 15) is 9.59 Å². The molecule has 0 radical (unpaired) electrons. The summed E-state index contributed by atoms with van der Waals surface area (Å²) in [6.45, 7) is 9.01. The van der Waals surface area contributed by atoms with Crippen molar-refractivity contribution in [2.24, 2.45) is 0 Å². The number of hydrogen-bond acceptors (Lipinski definition) is 2. The van der Waals surface area contributed by atoms with Gasteiger partial charge < -0.3 is 20.0 Å². The molecule has 0 bridgehead atoms. The van der Waals surface area contributed by atoms with Crippen LogP contribution in [0.5, 0.6) is 0 Å². The van der Waals surface area contributed by atoms with Crippen LogP contribution in [-0.2, 0) is 22.6 Å². The summed E-state index contributed by atoms with van der Waals surface area (Å²) in [5.74, 6) is 0.225. The molecule has 1 unspecified atom stereocenters. The first kappa shape index (κ1) is 23.0. The summed E-state index contributed by atoms with van der Waals surface area (Å²) in [7, 11) is 2.07. The highest BCUT2D eigenvalue weighted by atomic mass is 16.2. The fraction of sp³-hybridized carbons (Fsp3) is 0.440. The molecule has 1 heterocycles. The molecule has 1 aliphatic heterocycles. The highest BCUT2D eigenvalue weighted by Gasteiger charge is 2.26. The molecule has 2 aromatic carbocycles. The quantitative estimate of drug-likeness (QED) is 0.556. The number of aryl methyl sites for hydroxylation is 2. The van der Waals surface area contributed by atoms with Gasteiger partial charge in [-0.25, -0.2) is 0 Å². The molecular weight excluding hydrogens is 388 g/mol. The smallest absolute Gasteiger partial charge is 0.279 e. The van der Waals surface area contributed by atoms with Gasteiger partial charge in [-0.1, -0.05) is 48.9 Å². The van der Waals surface area contributed by atoms with Crippen molar-refractivity contribution in [1.82, 2.24) is 4.90 Å². The first-order valence-corrected chi connectivity index (χ1v) is 11.3. The minimum absolute atomic E-state index is 0.0249. The van der Waals surface area contributed by atoms with Gasteiger partial charge >= 0.3 is 0 Å². The number of hydrogen-bond donors (Lipinski definition) is 3. The van der Waals surface area contributed by atoms with Crippen LogP contribution < -0.4 is 15.1 Å². The van der Waals surface area contributed by atoms with E-state index in [0.717, 1.165) is 31.7 Å². The average Bonchev–Trinajstić information content (AvgIpc) is 2.76. The van der Waals surface area contributed by atoms with Crippen LogP contribution in [0, 0.1) is 6.92 Å². The van der Waals surface area contributed by atoms with E-state index in [1.165, 1.54) is 26.5 Å². The van der Waals surface area contributed by atoms with E-state index in [0.29, 0.717) is 26.2 Å². The van der Waals surface area contributed by atoms with Crippen molar-refractivity contribution in [1.29, 1.82) is 0 Å². The second-order valence-corrected chi connectivity index (χ2v) is 8.70. The van der Waals surface area contributed by atoms with Crippen molar-refractivity contribution in [3.63, 3.8) is 0 Å². The Morgan fingerprint density at radius 1 is 1.00 bits per heavy atom. The summed E-state index contributed by atoms with van der Waals surface area (Å²) in [5.41, 5.74) is 4.60. The number of nitrogens with one attached hydrogen (secondary N) is 3. The van der Waals surface area contributed by atoms with E-state index in [-0.39, 0.29) is 11.8 Å². The van der Waals surface area contributed by atoms with E-state index in [4.69, 9.17) is 0 Å². The topological polar surface area (TPSA) is 58.3 Å². The SMILES string of the molecule is CCc1ccc(C[NH+](C)CC(=O)N2CC[NH+](CC(=O)Nc3ccc(C)cc3)CC2)cc1. The van der Waals surface area contributed by atoms with Gasteiger partial charge in [-0.2, -0.15) is 0 Å². The number of piperazine rings is 1. The molecule has 1 atom stereocenters. The van der Waals surface area contributed by atoms with Crippen molar-refractivity contribution >= 4 is 17.5 Å². The molecule has 1 aliphatic rings. The van der Waals surface area contributed by atoms with E-state index >= 15 is 0 Å². The van der Waals surface area contributed by atoms with Gasteiger partial charge in [0.2, 0.25) is 0 Å². The van der Waals surface area contributed by atoms with Gasteiger partial charge in [-0.15, -0.1) is 0 Å². The van der Waals surface area contributed by atoms with Gasteiger partial charge in [0.1, 0.15) is 6.54 Å². The molecule has 1 saturated heterocycles. The lowest BCUT2D eigenvalue weighted by Gasteiger charge is -2.32. The molecule has 2 aromatic rings. The Bertz CT molecular complexity index is 856. The highest BCUT2D eigenvalue weighted by molar-refractivity contribution is 5.91. The zero-order valence-electron chi connectivity index (χ0n) is 19.0. The first-order chi connectivity index (χ1) is 14.9. The minimum atomic E-state index is 0.0249. The highest BCUT2D eigenvalue weighted by Crippen LogP contribution is 2.08. The number of amides is 2. The first-order valence-electron chi connectivity index (χ1n) is 11.3. The predicted octanol–water partition coefficient (Wildman–Crippen LogP) is -0.0621. The Morgan fingerprint density at radius 3 is 2.23 bits per heavy atom. The molecule has 31 heavy (non-hydrogen) atoms. The van der Waals surface area contributed by atoms with Crippen LogP contribution in [0.4, 0.5) is 5.69 Å². The normalized spacial score (nSPS) is 15.5. The van der Waals surface area contributed by atoms with Gasteiger partial charge in [-0.3, -0.25) is 9.59 Å². The zero-order valence-corrected chi connectivity index (χ0v) is 19.0. The second-order valence-electron chi connectivity index (χ2n) is 8.70. The fourth-order valence-electron chi connectivity index (χ4n) is 3.99. The van der Waals surface area contributed by atoms with E-state index in [1.807, 2.05) is 36.1 Å². The van der Waals surface area contributed by atoms with Crippen LogP contribution in [0.3, 0.4) is 0 Å². The number of carbonyl (C=O) groups excluding carboxylic acids is 2. The molecule has 3 N–H and O–H groups in total. The maximum Gasteiger partial charge on any atom is 0.279 e. The largest absolute Gasteiger partial charge is 0.327 e. The van der Waals surface area contributed by atoms with Gasteiger partial charge in [0.25, 0.3) is 11.8 Å². The van der Waals surface area contributed by atoms with Crippen molar-refractivity contribution in [3.05, 3.63) is 65.2 Å². The molecule has 0 aliphatic carbocycles. The Morgan fingerprint density at radius 2 is 1.61 bits per heavy atom. The predicted molar refractivity (Wildman–Crippen MR) is 123 cm³/mol. The number of benzene rings is 2. The molecule has 6 nitrogen and oxygen atoms in total. The van der Waals surface area contributed by atoms with E-state index < -0.39 is 0 Å². The van der Waals surface area contributed by atoms with Gasteiger partial charge in [0.15, 0.2) is 13.1 Å². The monoisotopic (exact) mass is 424 g/mol. The summed E-state index contributed by atoms with van der Waals surface area (Å²) in [6.07, 6.45) is 1.04. The van der Waals surface area contributed by atoms with Crippen molar-refractivity contribution < 1.29 is 19.4 Å². The van der Waals surface area contributed by atoms with Crippen LogP contribution in [0.2, 0.25) is 0 Å². The van der Waals surface area contributed by atoms with Crippen LogP contribution in [0.25, 0.3) is 0 Å². The number of carbonyl (C=O) groups is 2. The molecular formula is C25H36N4O2+2. The summed E-state index contributed by atoms with van der Waals surface area (Å²) in [5, 5.41) is 2.96. The fourth-order valence-corrected chi connectivity index (χ4v) is 3.99. The number of quaternary nitrogens is 2. The third-order valence-electron chi connectivity index (χ3n) is 5.96. The van der Waals surface area contributed by atoms with Crippen molar-refractivity contribution in [2.45, 2.75) is 26.8 Å². The number of rotatable bonds is 8. The Kier molecular flexibility index (Phi) is 8.20. The average molecular weight is 425 g/mol. The number of anilines is 1. The lowest BCUT2D eigenvalue weighted by molar-refractivity contribution is -0.896. The third-order valence-corrected chi connectivity index (χ3v) is 5.96. The molecule has 2 amide bonds. The summed E-state index contributed by atoms with van der Waals surface area (Å²) in [4.78, 5) is 29.4. The van der Waals surface area contributed by atoms with Gasteiger partial charge in [0, 0.05) is 11.3 Å². The van der Waals surface area contributed by atoms with Crippen LogP contribution >= 0.6 is 0 Å². The Labute approximate surface area is 185 Å². The molecule has 0 spiro atoms. The van der Waals surface area contributed by atoms with E-state index in [2.05, 4.69) is 43.6 Å². The van der Waals surface area contributed by atoms with E-state index in [1.54, 1.807) is 0 Å². The molecule has 0 aromatic heterocycles. The standard InChI is InChI=1S/C25H34N4O2/c1-4-21-7-9-22(10-8-21)17-27(3)19-25(31)29-15-13-28(14-16-29)18-24(30)26-23-11-5-20(2)6-12-23/h5-12H,4,13-19H2,1-3H3,(H,26,30)/p+2. The molecule has 3 rings (SSSR count). The maximum atomic E-state index is 12.7. The molecule has 166 valence electrons. The second kappa shape index (κ2) is 11.1. The zero-order chi connectivity index (χ0) is 22.2. The Hall–Kier alpha value is -2.70. The van der Waals surface area contributed by atoms with Crippen LogP contribution in [0.1, 0.15) is 23.6 Å². The summed E-state index contributed by atoms with van der Waals surface area (Å²) < 4.78 is 0. The lowest BCUT2D eigenvalue weighted by atomic mass is 10.1. The van der Waals surface area contributed by atoms with Crippen LogP contribution in [0.15, 0.2) is 48.5 Å².